The Morgan fingerprint density at radius 3 is 2.45 bits per heavy atom. The molecule has 1 N–H and O–H groups in total. The number of hydrogen-bond acceptors (Lipinski definition) is 2. The maximum absolute atomic E-state index is 13.7. The summed E-state index contributed by atoms with van der Waals surface area (Å²) < 4.78 is 14.2. The molecule has 2 rings (SSSR count). The first-order chi connectivity index (χ1) is 9.34. The molecule has 20 heavy (non-hydrogen) atoms. The van der Waals surface area contributed by atoms with E-state index in [0.717, 1.165) is 5.56 Å². The lowest BCUT2D eigenvalue weighted by molar-refractivity contribution is 0.604. The van der Waals surface area contributed by atoms with Crippen LogP contribution in [-0.4, -0.2) is 7.05 Å². The van der Waals surface area contributed by atoms with Gasteiger partial charge in [-0.25, -0.2) is 4.39 Å². The van der Waals surface area contributed by atoms with Crippen molar-refractivity contribution >= 4 is 27.3 Å². The predicted molar refractivity (Wildman–Crippen MR) is 88.0 cm³/mol. The fourth-order valence-corrected chi connectivity index (χ4v) is 3.79. The maximum Gasteiger partial charge on any atom is 0.137 e. The third kappa shape index (κ3) is 3.13. The Hall–Kier alpha value is -0.710. The van der Waals surface area contributed by atoms with Gasteiger partial charge in [0, 0.05) is 9.75 Å². The summed E-state index contributed by atoms with van der Waals surface area (Å²) in [6.07, 6.45) is 0. The van der Waals surface area contributed by atoms with Crippen molar-refractivity contribution in [2.45, 2.75) is 32.2 Å². The molecule has 1 aromatic heterocycles. The third-order valence-electron chi connectivity index (χ3n) is 3.23. The number of benzene rings is 1. The predicted octanol–water partition coefficient (Wildman–Crippen LogP) is 5.26. The molecule has 0 saturated carbocycles. The number of thiophene rings is 1. The second kappa shape index (κ2) is 5.96. The lowest BCUT2D eigenvalue weighted by Gasteiger charge is -2.18. The van der Waals surface area contributed by atoms with Crippen molar-refractivity contribution in [3.8, 4) is 0 Å². The van der Waals surface area contributed by atoms with Crippen LogP contribution in [0.4, 0.5) is 4.39 Å². The van der Waals surface area contributed by atoms with E-state index < -0.39 is 0 Å². The zero-order valence-electron chi connectivity index (χ0n) is 12.1. The summed E-state index contributed by atoms with van der Waals surface area (Å²) >= 11 is 5.13. The minimum Gasteiger partial charge on any atom is -0.309 e. The zero-order chi connectivity index (χ0) is 14.9. The van der Waals surface area contributed by atoms with Gasteiger partial charge in [-0.05, 0) is 52.2 Å². The Balaban J connectivity index is 2.43. The van der Waals surface area contributed by atoms with Crippen molar-refractivity contribution in [3.05, 3.63) is 55.9 Å². The molecule has 108 valence electrons. The van der Waals surface area contributed by atoms with Gasteiger partial charge in [0.1, 0.15) is 5.82 Å². The standard InChI is InChI=1S/C16H19BrFNS/c1-16(2,3)13-9-8-12(20-13)15(19-4)10-6-5-7-11(18)14(10)17/h5-9,15,19H,1-4H3. The number of nitrogens with one attached hydrogen (secondary N) is 1. The van der Waals surface area contributed by atoms with E-state index in [1.807, 2.05) is 13.1 Å². The van der Waals surface area contributed by atoms with E-state index in [9.17, 15) is 4.39 Å². The fourth-order valence-electron chi connectivity index (χ4n) is 2.11. The van der Waals surface area contributed by atoms with Crippen molar-refractivity contribution in [2.75, 3.05) is 7.05 Å². The summed E-state index contributed by atoms with van der Waals surface area (Å²) in [4.78, 5) is 2.53. The van der Waals surface area contributed by atoms with Gasteiger partial charge < -0.3 is 5.32 Å². The van der Waals surface area contributed by atoms with Crippen LogP contribution in [-0.2, 0) is 5.41 Å². The number of rotatable bonds is 3. The molecule has 2 aromatic rings. The Morgan fingerprint density at radius 2 is 1.90 bits per heavy atom. The Labute approximate surface area is 132 Å². The Kier molecular flexibility index (Phi) is 4.67. The van der Waals surface area contributed by atoms with Crippen LogP contribution in [0.1, 0.15) is 42.1 Å². The molecule has 1 nitrogen and oxygen atoms in total. The Morgan fingerprint density at radius 1 is 1.20 bits per heavy atom. The van der Waals surface area contributed by atoms with Crippen LogP contribution in [0, 0.1) is 5.82 Å². The monoisotopic (exact) mass is 355 g/mol. The highest BCUT2D eigenvalue weighted by atomic mass is 79.9. The van der Waals surface area contributed by atoms with Crippen LogP contribution in [0.15, 0.2) is 34.8 Å². The van der Waals surface area contributed by atoms with E-state index in [-0.39, 0.29) is 17.3 Å². The average molecular weight is 356 g/mol. The number of halogens is 2. The largest absolute Gasteiger partial charge is 0.309 e. The molecule has 0 spiro atoms. The van der Waals surface area contributed by atoms with Gasteiger partial charge in [-0.15, -0.1) is 11.3 Å². The van der Waals surface area contributed by atoms with Crippen molar-refractivity contribution in [1.29, 1.82) is 0 Å². The minimum atomic E-state index is -0.227. The van der Waals surface area contributed by atoms with Gasteiger partial charge in [0.15, 0.2) is 0 Å². The van der Waals surface area contributed by atoms with Crippen LogP contribution in [0.5, 0.6) is 0 Å². The molecular formula is C16H19BrFNS. The molecule has 0 aliphatic carbocycles. The molecule has 4 heteroatoms. The number of hydrogen-bond donors (Lipinski definition) is 1. The maximum atomic E-state index is 13.7. The molecule has 1 heterocycles. The molecule has 0 aliphatic heterocycles. The van der Waals surface area contributed by atoms with E-state index in [0.29, 0.717) is 4.47 Å². The summed E-state index contributed by atoms with van der Waals surface area (Å²) in [5, 5.41) is 3.28. The summed E-state index contributed by atoms with van der Waals surface area (Å²) in [6, 6.07) is 9.46. The fraction of sp³-hybridized carbons (Fsp3) is 0.375. The lowest BCUT2D eigenvalue weighted by atomic mass is 9.95. The highest BCUT2D eigenvalue weighted by Crippen LogP contribution is 2.37. The SMILES string of the molecule is CNC(c1ccc(C(C)(C)C)s1)c1cccc(F)c1Br. The first kappa shape index (κ1) is 15.7. The molecular weight excluding hydrogens is 337 g/mol. The molecule has 0 saturated heterocycles. The summed E-state index contributed by atoms with van der Waals surface area (Å²) in [6.45, 7) is 6.61. The summed E-state index contributed by atoms with van der Waals surface area (Å²) in [5.41, 5.74) is 1.07. The molecule has 0 amide bonds. The van der Waals surface area contributed by atoms with Gasteiger partial charge in [-0.3, -0.25) is 0 Å². The van der Waals surface area contributed by atoms with Crippen LogP contribution >= 0.6 is 27.3 Å². The Bertz CT molecular complexity index is 601. The highest BCUT2D eigenvalue weighted by molar-refractivity contribution is 9.10. The first-order valence-corrected chi connectivity index (χ1v) is 8.17. The van der Waals surface area contributed by atoms with E-state index in [4.69, 9.17) is 0 Å². The summed E-state index contributed by atoms with van der Waals surface area (Å²) in [5.74, 6) is -0.227. The average Bonchev–Trinajstić information content (AvgIpc) is 2.85. The van der Waals surface area contributed by atoms with Crippen molar-refractivity contribution in [1.82, 2.24) is 5.32 Å². The normalized spacial score (nSPS) is 13.5. The van der Waals surface area contributed by atoms with Gasteiger partial charge in [-0.1, -0.05) is 32.9 Å². The van der Waals surface area contributed by atoms with E-state index in [2.05, 4.69) is 54.2 Å². The molecule has 0 bridgehead atoms. The van der Waals surface area contributed by atoms with Crippen LogP contribution in [0.2, 0.25) is 0 Å². The second-order valence-corrected chi connectivity index (χ2v) is 7.73. The van der Waals surface area contributed by atoms with Crippen LogP contribution in [0.25, 0.3) is 0 Å². The summed E-state index contributed by atoms with van der Waals surface area (Å²) in [7, 11) is 1.90. The van der Waals surface area contributed by atoms with Gasteiger partial charge in [0.2, 0.25) is 0 Å². The molecule has 0 radical (unpaired) electrons. The smallest absolute Gasteiger partial charge is 0.137 e. The van der Waals surface area contributed by atoms with Crippen LogP contribution < -0.4 is 5.32 Å². The third-order valence-corrected chi connectivity index (χ3v) is 5.64. The lowest BCUT2D eigenvalue weighted by Crippen LogP contribution is -2.17. The molecule has 0 aliphatic rings. The van der Waals surface area contributed by atoms with Gasteiger partial charge in [0.05, 0.1) is 10.5 Å². The molecule has 1 unspecified atom stereocenters. The van der Waals surface area contributed by atoms with Gasteiger partial charge in [0.25, 0.3) is 0 Å². The minimum absolute atomic E-state index is 0.00109. The van der Waals surface area contributed by atoms with Gasteiger partial charge in [-0.2, -0.15) is 0 Å². The molecule has 0 fully saturated rings. The second-order valence-electron chi connectivity index (χ2n) is 5.82. The quantitative estimate of drug-likeness (QED) is 0.791. The highest BCUT2D eigenvalue weighted by Gasteiger charge is 2.22. The van der Waals surface area contributed by atoms with Crippen molar-refractivity contribution < 1.29 is 4.39 Å². The van der Waals surface area contributed by atoms with Crippen molar-refractivity contribution in [3.63, 3.8) is 0 Å². The van der Waals surface area contributed by atoms with Gasteiger partial charge >= 0.3 is 0 Å². The van der Waals surface area contributed by atoms with Crippen molar-refractivity contribution in [2.24, 2.45) is 0 Å². The van der Waals surface area contributed by atoms with Crippen LogP contribution in [0.3, 0.4) is 0 Å². The topological polar surface area (TPSA) is 12.0 Å². The first-order valence-electron chi connectivity index (χ1n) is 6.56. The molecule has 1 aromatic carbocycles. The van der Waals surface area contributed by atoms with E-state index in [1.165, 1.54) is 15.8 Å². The van der Waals surface area contributed by atoms with E-state index in [1.54, 1.807) is 17.4 Å². The molecule has 1 atom stereocenters. The van der Waals surface area contributed by atoms with E-state index >= 15 is 0 Å². The zero-order valence-corrected chi connectivity index (χ0v) is 14.5.